The summed E-state index contributed by atoms with van der Waals surface area (Å²) in [4.78, 5) is 0. The maximum Gasteiger partial charge on any atom is 0.211 e. The zero-order valence-electron chi connectivity index (χ0n) is 15.1. The van der Waals surface area contributed by atoms with Crippen molar-refractivity contribution in [3.8, 4) is 0 Å². The summed E-state index contributed by atoms with van der Waals surface area (Å²) in [6.45, 7) is 3.20. The second-order valence-electron chi connectivity index (χ2n) is 7.63. The SMILES string of the molecule is Cc1c(C2CCN(S(C)(=O)=O)CC2)n[nH]c1C1(c2ccc(F)cc2)CC1. The van der Waals surface area contributed by atoms with E-state index in [1.165, 1.54) is 24.0 Å². The molecule has 0 amide bonds. The van der Waals surface area contributed by atoms with Crippen molar-refractivity contribution in [2.45, 2.75) is 43.9 Å². The van der Waals surface area contributed by atoms with Crippen molar-refractivity contribution in [1.82, 2.24) is 14.5 Å². The number of rotatable bonds is 4. The number of benzene rings is 1. The first-order valence-corrected chi connectivity index (χ1v) is 10.9. The fourth-order valence-electron chi connectivity index (χ4n) is 4.31. The molecule has 2 fully saturated rings. The molecular weight excluding hydrogens is 353 g/mol. The number of aromatic nitrogens is 2. The number of halogens is 1. The minimum absolute atomic E-state index is 0.0729. The van der Waals surface area contributed by atoms with E-state index in [1.54, 1.807) is 4.31 Å². The lowest BCUT2D eigenvalue weighted by Gasteiger charge is -2.29. The lowest BCUT2D eigenvalue weighted by Crippen LogP contribution is -2.37. The van der Waals surface area contributed by atoms with E-state index >= 15 is 0 Å². The molecule has 1 aliphatic carbocycles. The minimum Gasteiger partial charge on any atom is -0.281 e. The highest BCUT2D eigenvalue weighted by atomic mass is 32.2. The van der Waals surface area contributed by atoms with Gasteiger partial charge in [0.1, 0.15) is 5.82 Å². The second kappa shape index (κ2) is 6.16. The summed E-state index contributed by atoms with van der Waals surface area (Å²) in [5.41, 5.74) is 4.41. The van der Waals surface area contributed by atoms with Gasteiger partial charge in [0.25, 0.3) is 0 Å². The first-order chi connectivity index (χ1) is 12.3. The number of aromatic amines is 1. The first kappa shape index (κ1) is 17.7. The molecule has 1 saturated carbocycles. The molecule has 1 saturated heterocycles. The quantitative estimate of drug-likeness (QED) is 0.890. The Labute approximate surface area is 153 Å². The maximum absolute atomic E-state index is 13.3. The summed E-state index contributed by atoms with van der Waals surface area (Å²) in [5.74, 6) is 0.0613. The largest absolute Gasteiger partial charge is 0.281 e. The predicted octanol–water partition coefficient (Wildman–Crippen LogP) is 3.08. The maximum atomic E-state index is 13.3. The summed E-state index contributed by atoms with van der Waals surface area (Å²) >= 11 is 0. The van der Waals surface area contributed by atoms with Crippen LogP contribution in [0.25, 0.3) is 0 Å². The van der Waals surface area contributed by atoms with Crippen molar-refractivity contribution in [2.75, 3.05) is 19.3 Å². The van der Waals surface area contributed by atoms with Crippen LogP contribution in [0, 0.1) is 12.7 Å². The van der Waals surface area contributed by atoms with Gasteiger partial charge in [-0.25, -0.2) is 17.1 Å². The van der Waals surface area contributed by atoms with Crippen LogP contribution < -0.4 is 0 Å². The lowest BCUT2D eigenvalue weighted by atomic mass is 9.86. The zero-order valence-corrected chi connectivity index (χ0v) is 15.9. The average molecular weight is 377 g/mol. The van der Waals surface area contributed by atoms with Gasteiger partial charge in [-0.15, -0.1) is 0 Å². The summed E-state index contributed by atoms with van der Waals surface area (Å²) in [7, 11) is -3.11. The minimum atomic E-state index is -3.11. The van der Waals surface area contributed by atoms with E-state index in [4.69, 9.17) is 0 Å². The lowest BCUT2D eigenvalue weighted by molar-refractivity contribution is 0.318. The number of nitrogens with zero attached hydrogens (tertiary/aromatic N) is 2. The standard InChI is InChI=1S/C19H24FN3O2S/c1-13-17(14-7-11-23(12-8-14)26(2,24)25)21-22-18(13)19(9-10-19)15-3-5-16(20)6-4-15/h3-6,14H,7-12H2,1-2H3,(H,21,22). The van der Waals surface area contributed by atoms with Crippen LogP contribution in [0.1, 0.15) is 54.1 Å². The van der Waals surface area contributed by atoms with Crippen molar-refractivity contribution in [3.63, 3.8) is 0 Å². The summed E-state index contributed by atoms with van der Waals surface area (Å²) in [6, 6.07) is 6.77. The smallest absolute Gasteiger partial charge is 0.211 e. The van der Waals surface area contributed by atoms with Gasteiger partial charge in [0.2, 0.25) is 10.0 Å². The third-order valence-electron chi connectivity index (χ3n) is 5.98. The van der Waals surface area contributed by atoms with Crippen LogP contribution in [-0.4, -0.2) is 42.3 Å². The topological polar surface area (TPSA) is 66.1 Å². The van der Waals surface area contributed by atoms with Gasteiger partial charge < -0.3 is 0 Å². The molecule has 26 heavy (non-hydrogen) atoms. The third-order valence-corrected chi connectivity index (χ3v) is 7.29. The molecule has 0 atom stereocenters. The predicted molar refractivity (Wildman–Crippen MR) is 98.1 cm³/mol. The molecule has 7 heteroatoms. The first-order valence-electron chi connectivity index (χ1n) is 9.08. The molecule has 140 valence electrons. The highest BCUT2D eigenvalue weighted by molar-refractivity contribution is 7.88. The van der Waals surface area contributed by atoms with E-state index in [-0.39, 0.29) is 17.2 Å². The van der Waals surface area contributed by atoms with Crippen LogP contribution in [-0.2, 0) is 15.4 Å². The summed E-state index contributed by atoms with van der Waals surface area (Å²) < 4.78 is 38.2. The Kier molecular flexibility index (Phi) is 4.19. The molecular formula is C19H24FN3O2S. The van der Waals surface area contributed by atoms with Crippen molar-refractivity contribution < 1.29 is 12.8 Å². The fraction of sp³-hybridized carbons (Fsp3) is 0.526. The van der Waals surface area contributed by atoms with E-state index in [0.29, 0.717) is 13.1 Å². The Morgan fingerprint density at radius 1 is 1.19 bits per heavy atom. The molecule has 1 aromatic carbocycles. The third kappa shape index (κ3) is 2.97. The van der Waals surface area contributed by atoms with E-state index in [0.717, 1.165) is 42.6 Å². The fourth-order valence-corrected chi connectivity index (χ4v) is 5.19. The van der Waals surface area contributed by atoms with Gasteiger partial charge in [0, 0.05) is 30.1 Å². The average Bonchev–Trinajstić information content (AvgIpc) is 3.31. The van der Waals surface area contributed by atoms with Gasteiger partial charge >= 0.3 is 0 Å². The molecule has 2 heterocycles. The molecule has 5 nitrogen and oxygen atoms in total. The molecule has 1 aromatic heterocycles. The molecule has 0 bridgehead atoms. The van der Waals surface area contributed by atoms with Gasteiger partial charge in [-0.05, 0) is 55.9 Å². The van der Waals surface area contributed by atoms with Crippen LogP contribution in [0.4, 0.5) is 4.39 Å². The molecule has 1 N–H and O–H groups in total. The van der Waals surface area contributed by atoms with Crippen LogP contribution in [0.15, 0.2) is 24.3 Å². The number of H-pyrrole nitrogens is 1. The van der Waals surface area contributed by atoms with Gasteiger partial charge in [-0.1, -0.05) is 12.1 Å². The number of hydrogen-bond donors (Lipinski definition) is 1. The molecule has 0 unspecified atom stereocenters. The van der Waals surface area contributed by atoms with E-state index in [9.17, 15) is 12.8 Å². The molecule has 2 aliphatic rings. The van der Waals surface area contributed by atoms with Crippen molar-refractivity contribution in [3.05, 3.63) is 52.6 Å². The van der Waals surface area contributed by atoms with Gasteiger partial charge in [-0.2, -0.15) is 5.10 Å². The van der Waals surface area contributed by atoms with Gasteiger partial charge in [-0.3, -0.25) is 5.10 Å². The monoisotopic (exact) mass is 377 g/mol. The van der Waals surface area contributed by atoms with Crippen LogP contribution in [0.2, 0.25) is 0 Å². The Morgan fingerprint density at radius 2 is 1.81 bits per heavy atom. The molecule has 4 rings (SSSR count). The Balaban J connectivity index is 1.57. The molecule has 0 spiro atoms. The Hall–Kier alpha value is -1.73. The molecule has 2 aromatic rings. The van der Waals surface area contributed by atoms with Crippen LogP contribution in [0.3, 0.4) is 0 Å². The number of piperidine rings is 1. The van der Waals surface area contributed by atoms with Crippen molar-refractivity contribution in [2.24, 2.45) is 0 Å². The van der Waals surface area contributed by atoms with E-state index in [2.05, 4.69) is 17.1 Å². The normalized spacial score (nSPS) is 21.0. The van der Waals surface area contributed by atoms with E-state index in [1.807, 2.05) is 12.1 Å². The Morgan fingerprint density at radius 3 is 2.35 bits per heavy atom. The van der Waals surface area contributed by atoms with Crippen LogP contribution in [0.5, 0.6) is 0 Å². The van der Waals surface area contributed by atoms with Crippen LogP contribution >= 0.6 is 0 Å². The highest BCUT2D eigenvalue weighted by Gasteiger charge is 2.48. The number of hydrogen-bond acceptors (Lipinski definition) is 3. The molecule has 1 aliphatic heterocycles. The second-order valence-corrected chi connectivity index (χ2v) is 9.62. The number of sulfonamides is 1. The van der Waals surface area contributed by atoms with Gasteiger partial charge in [0.05, 0.1) is 11.9 Å². The zero-order chi connectivity index (χ0) is 18.5. The summed E-state index contributed by atoms with van der Waals surface area (Å²) in [5, 5.41) is 7.86. The Bertz CT molecular complexity index is 909. The number of nitrogens with one attached hydrogen (secondary N) is 1. The van der Waals surface area contributed by atoms with Crippen molar-refractivity contribution in [1.29, 1.82) is 0 Å². The van der Waals surface area contributed by atoms with E-state index < -0.39 is 10.0 Å². The summed E-state index contributed by atoms with van der Waals surface area (Å²) in [6.07, 6.45) is 4.93. The van der Waals surface area contributed by atoms with Crippen molar-refractivity contribution >= 4 is 10.0 Å². The van der Waals surface area contributed by atoms with Gasteiger partial charge in [0.15, 0.2) is 0 Å². The molecule has 0 radical (unpaired) electrons. The highest BCUT2D eigenvalue weighted by Crippen LogP contribution is 2.54.